The fourth-order valence-corrected chi connectivity index (χ4v) is 2.24. The highest BCUT2D eigenvalue weighted by atomic mass is 16.5. The van der Waals surface area contributed by atoms with Gasteiger partial charge in [-0.2, -0.15) is 0 Å². The van der Waals surface area contributed by atoms with Crippen molar-refractivity contribution < 1.29 is 4.74 Å². The quantitative estimate of drug-likeness (QED) is 0.675. The number of unbranched alkanes of at least 4 members (excludes halogenated alkanes) is 1. The van der Waals surface area contributed by atoms with Crippen LogP contribution in [0.15, 0.2) is 24.3 Å². The maximum absolute atomic E-state index is 5.96. The summed E-state index contributed by atoms with van der Waals surface area (Å²) in [7, 11) is 0. The molecule has 0 amide bonds. The molecule has 2 rings (SSSR count). The Morgan fingerprint density at radius 1 is 1.26 bits per heavy atom. The molecular formula is C17H27NO. The Balaban J connectivity index is 1.69. The minimum Gasteiger partial charge on any atom is -0.493 e. The standard InChI is InChI=1S/C17H27NO/c1-3-14(2)16-8-4-5-9-17(16)19-13-7-6-12-18-15-10-11-15/h4-5,8-9,14-15,18H,3,6-7,10-13H2,1-2H3. The van der Waals surface area contributed by atoms with Gasteiger partial charge in [-0.15, -0.1) is 0 Å². The van der Waals surface area contributed by atoms with E-state index in [1.54, 1.807) is 0 Å². The molecule has 106 valence electrons. The smallest absolute Gasteiger partial charge is 0.122 e. The first-order chi connectivity index (χ1) is 9.31. The number of ether oxygens (including phenoxy) is 1. The van der Waals surface area contributed by atoms with Gasteiger partial charge in [-0.1, -0.05) is 32.0 Å². The second kappa shape index (κ2) is 7.54. The van der Waals surface area contributed by atoms with E-state index in [1.807, 2.05) is 0 Å². The minimum absolute atomic E-state index is 0.577. The van der Waals surface area contributed by atoms with Crippen LogP contribution in [0.1, 0.15) is 57.4 Å². The summed E-state index contributed by atoms with van der Waals surface area (Å²) in [6.45, 7) is 6.47. The SMILES string of the molecule is CCC(C)c1ccccc1OCCCCNC1CC1. The Morgan fingerprint density at radius 2 is 2.05 bits per heavy atom. The summed E-state index contributed by atoms with van der Waals surface area (Å²) < 4.78 is 5.96. The summed E-state index contributed by atoms with van der Waals surface area (Å²) in [6.07, 6.45) is 6.25. The van der Waals surface area contributed by atoms with Gasteiger partial charge in [0.25, 0.3) is 0 Å². The predicted octanol–water partition coefficient (Wildman–Crippen LogP) is 4.11. The first-order valence-electron chi connectivity index (χ1n) is 7.76. The van der Waals surface area contributed by atoms with Gasteiger partial charge in [-0.3, -0.25) is 0 Å². The van der Waals surface area contributed by atoms with Crippen molar-refractivity contribution in [2.45, 2.75) is 57.9 Å². The first kappa shape index (κ1) is 14.4. The first-order valence-corrected chi connectivity index (χ1v) is 7.76. The highest BCUT2D eigenvalue weighted by Gasteiger charge is 2.19. The number of benzene rings is 1. The lowest BCUT2D eigenvalue weighted by atomic mass is 9.98. The topological polar surface area (TPSA) is 21.3 Å². The average Bonchev–Trinajstić information content (AvgIpc) is 3.26. The number of para-hydroxylation sites is 1. The van der Waals surface area contributed by atoms with E-state index in [-0.39, 0.29) is 0 Å². The molecule has 0 aliphatic heterocycles. The molecule has 2 heteroatoms. The molecule has 1 aromatic carbocycles. The Labute approximate surface area is 117 Å². The normalized spacial score (nSPS) is 16.3. The second-order valence-corrected chi connectivity index (χ2v) is 5.63. The van der Waals surface area contributed by atoms with Crippen LogP contribution < -0.4 is 10.1 Å². The van der Waals surface area contributed by atoms with Crippen LogP contribution in [-0.4, -0.2) is 19.2 Å². The highest BCUT2D eigenvalue weighted by Crippen LogP contribution is 2.28. The Morgan fingerprint density at radius 3 is 2.79 bits per heavy atom. The molecule has 1 N–H and O–H groups in total. The van der Waals surface area contributed by atoms with Crippen LogP contribution in [0.25, 0.3) is 0 Å². The van der Waals surface area contributed by atoms with Crippen LogP contribution in [0.4, 0.5) is 0 Å². The maximum atomic E-state index is 5.96. The van der Waals surface area contributed by atoms with Crippen LogP contribution in [0.5, 0.6) is 5.75 Å². The van der Waals surface area contributed by atoms with Crippen molar-refractivity contribution in [3.05, 3.63) is 29.8 Å². The van der Waals surface area contributed by atoms with Crippen molar-refractivity contribution >= 4 is 0 Å². The fraction of sp³-hybridized carbons (Fsp3) is 0.647. The molecule has 0 aromatic heterocycles. The van der Waals surface area contributed by atoms with Crippen LogP contribution in [0.2, 0.25) is 0 Å². The van der Waals surface area contributed by atoms with Gasteiger partial charge in [0.1, 0.15) is 5.75 Å². The Hall–Kier alpha value is -1.02. The monoisotopic (exact) mass is 261 g/mol. The molecule has 1 aromatic rings. The molecule has 1 unspecified atom stereocenters. The van der Waals surface area contributed by atoms with E-state index in [9.17, 15) is 0 Å². The summed E-state index contributed by atoms with van der Waals surface area (Å²) >= 11 is 0. The van der Waals surface area contributed by atoms with Gasteiger partial charge in [0.15, 0.2) is 0 Å². The summed E-state index contributed by atoms with van der Waals surface area (Å²) in [5.41, 5.74) is 1.35. The molecule has 1 aliphatic rings. The molecule has 0 spiro atoms. The largest absolute Gasteiger partial charge is 0.493 e. The lowest BCUT2D eigenvalue weighted by Gasteiger charge is -2.15. The van der Waals surface area contributed by atoms with Gasteiger partial charge in [0.05, 0.1) is 6.61 Å². The van der Waals surface area contributed by atoms with Crippen LogP contribution in [0.3, 0.4) is 0 Å². The van der Waals surface area contributed by atoms with Gasteiger partial charge < -0.3 is 10.1 Å². The summed E-state index contributed by atoms with van der Waals surface area (Å²) in [5.74, 6) is 1.65. The average molecular weight is 261 g/mol. The van der Waals surface area contributed by atoms with E-state index >= 15 is 0 Å². The fourth-order valence-electron chi connectivity index (χ4n) is 2.24. The van der Waals surface area contributed by atoms with Crippen molar-refractivity contribution in [2.24, 2.45) is 0 Å². The zero-order valence-corrected chi connectivity index (χ0v) is 12.3. The van der Waals surface area contributed by atoms with Crippen LogP contribution in [-0.2, 0) is 0 Å². The lowest BCUT2D eigenvalue weighted by molar-refractivity contribution is 0.301. The van der Waals surface area contributed by atoms with Crippen molar-refractivity contribution in [3.8, 4) is 5.75 Å². The third-order valence-electron chi connectivity index (χ3n) is 3.90. The van der Waals surface area contributed by atoms with E-state index in [2.05, 4.69) is 43.4 Å². The summed E-state index contributed by atoms with van der Waals surface area (Å²) in [4.78, 5) is 0. The number of rotatable bonds is 9. The van der Waals surface area contributed by atoms with E-state index < -0.39 is 0 Å². The molecule has 0 saturated heterocycles. The van der Waals surface area contributed by atoms with Gasteiger partial charge >= 0.3 is 0 Å². The van der Waals surface area contributed by atoms with Gasteiger partial charge in [-0.05, 0) is 56.2 Å². The zero-order chi connectivity index (χ0) is 13.5. The third kappa shape index (κ3) is 4.87. The van der Waals surface area contributed by atoms with Crippen molar-refractivity contribution in [1.29, 1.82) is 0 Å². The molecular weight excluding hydrogens is 234 g/mol. The maximum Gasteiger partial charge on any atom is 0.122 e. The molecule has 0 radical (unpaired) electrons. The van der Waals surface area contributed by atoms with E-state index in [0.29, 0.717) is 5.92 Å². The van der Waals surface area contributed by atoms with Crippen LogP contribution in [0, 0.1) is 0 Å². The lowest BCUT2D eigenvalue weighted by Crippen LogP contribution is -2.18. The summed E-state index contributed by atoms with van der Waals surface area (Å²) in [5, 5.41) is 3.54. The van der Waals surface area contributed by atoms with Crippen molar-refractivity contribution in [3.63, 3.8) is 0 Å². The molecule has 1 aliphatic carbocycles. The molecule has 0 bridgehead atoms. The summed E-state index contributed by atoms with van der Waals surface area (Å²) in [6, 6.07) is 9.29. The van der Waals surface area contributed by atoms with Crippen molar-refractivity contribution in [1.82, 2.24) is 5.32 Å². The molecule has 1 saturated carbocycles. The van der Waals surface area contributed by atoms with Gasteiger partial charge in [-0.25, -0.2) is 0 Å². The third-order valence-corrected chi connectivity index (χ3v) is 3.90. The molecule has 19 heavy (non-hydrogen) atoms. The highest BCUT2D eigenvalue weighted by molar-refractivity contribution is 5.35. The predicted molar refractivity (Wildman–Crippen MR) is 80.9 cm³/mol. The Bertz CT molecular complexity index is 373. The van der Waals surface area contributed by atoms with E-state index in [4.69, 9.17) is 4.74 Å². The van der Waals surface area contributed by atoms with Gasteiger partial charge in [0.2, 0.25) is 0 Å². The van der Waals surface area contributed by atoms with Gasteiger partial charge in [0, 0.05) is 6.04 Å². The Kier molecular flexibility index (Phi) is 5.71. The second-order valence-electron chi connectivity index (χ2n) is 5.63. The number of hydrogen-bond acceptors (Lipinski definition) is 2. The zero-order valence-electron chi connectivity index (χ0n) is 12.3. The number of hydrogen-bond donors (Lipinski definition) is 1. The number of nitrogens with one attached hydrogen (secondary N) is 1. The molecule has 0 heterocycles. The minimum atomic E-state index is 0.577. The van der Waals surface area contributed by atoms with Crippen molar-refractivity contribution in [2.75, 3.05) is 13.2 Å². The van der Waals surface area contributed by atoms with Crippen LogP contribution >= 0.6 is 0 Å². The van der Waals surface area contributed by atoms with E-state index in [0.717, 1.165) is 37.8 Å². The molecule has 1 atom stereocenters. The van der Waals surface area contributed by atoms with E-state index in [1.165, 1.54) is 24.8 Å². The molecule has 1 fully saturated rings. The molecule has 2 nitrogen and oxygen atoms in total.